The lowest BCUT2D eigenvalue weighted by Crippen LogP contribution is -2.48. The summed E-state index contributed by atoms with van der Waals surface area (Å²) in [6, 6.07) is 15.5. The van der Waals surface area contributed by atoms with E-state index in [1.165, 1.54) is 64.7 Å². The highest BCUT2D eigenvalue weighted by Crippen LogP contribution is 2.43. The van der Waals surface area contributed by atoms with Gasteiger partial charge in [0.2, 0.25) is 0 Å². The van der Waals surface area contributed by atoms with Crippen LogP contribution >= 0.6 is 24.8 Å². The number of piperidine rings is 4. The van der Waals surface area contributed by atoms with Crippen LogP contribution in [0.5, 0.6) is 11.5 Å². The molecule has 8 N–H and O–H groups in total. The van der Waals surface area contributed by atoms with E-state index in [1.54, 1.807) is 47.2 Å². The Hall–Kier alpha value is -7.06. The number of carbonyl (C=O) groups excluding carboxylic acids is 4. The first-order valence-electron chi connectivity index (χ1n) is 31.3. The molecule has 0 radical (unpaired) electrons. The summed E-state index contributed by atoms with van der Waals surface area (Å²) in [7, 11) is 0. The third-order valence-corrected chi connectivity index (χ3v) is 19.9. The van der Waals surface area contributed by atoms with Crippen molar-refractivity contribution in [2.75, 3.05) is 52.4 Å². The van der Waals surface area contributed by atoms with Crippen LogP contribution in [0.4, 0.5) is 9.59 Å². The molecular weight excluding hydrogens is 1220 g/mol. The number of carbonyl (C=O) groups is 4. The largest absolute Gasteiger partial charge is 0.458 e. The van der Waals surface area contributed by atoms with Gasteiger partial charge < -0.3 is 74.3 Å². The zero-order valence-corrected chi connectivity index (χ0v) is 53.7. The predicted octanol–water partition coefficient (Wildman–Crippen LogP) is 6.55. The van der Waals surface area contributed by atoms with Crippen LogP contribution in [0.25, 0.3) is 44.6 Å². The van der Waals surface area contributed by atoms with Crippen molar-refractivity contribution in [3.63, 3.8) is 0 Å². The second-order valence-electron chi connectivity index (χ2n) is 24.5. The number of ether oxygens (including phenoxy) is 4. The number of esters is 2. The molecule has 6 aromatic rings. The summed E-state index contributed by atoms with van der Waals surface area (Å²) in [6.07, 6.45) is 12.5. The van der Waals surface area contributed by atoms with Gasteiger partial charge in [0.15, 0.2) is 11.2 Å². The van der Waals surface area contributed by atoms with Crippen LogP contribution in [0.15, 0.2) is 58.1 Å². The number of hydrogen-bond donors (Lipinski definition) is 2. The molecule has 8 aliphatic rings. The van der Waals surface area contributed by atoms with Crippen molar-refractivity contribution in [2.24, 2.45) is 0 Å². The van der Waals surface area contributed by atoms with E-state index >= 15 is 0 Å². The van der Waals surface area contributed by atoms with E-state index in [1.807, 2.05) is 34.1 Å². The number of pyridine rings is 4. The maximum Gasteiger partial charge on any atom is 0.415 e. The number of halogens is 2. The molecule has 0 spiro atoms. The van der Waals surface area contributed by atoms with Crippen molar-refractivity contribution in [3.8, 4) is 34.3 Å². The summed E-state index contributed by atoms with van der Waals surface area (Å²) < 4.78 is 25.4. The third-order valence-electron chi connectivity index (χ3n) is 19.9. The minimum Gasteiger partial charge on any atom is -0.458 e. The minimum atomic E-state index is -1.86. The Morgan fingerprint density at radius 1 is 0.527 bits per heavy atom. The van der Waals surface area contributed by atoms with Crippen LogP contribution in [0.1, 0.15) is 149 Å². The molecule has 0 bridgehead atoms. The highest BCUT2D eigenvalue weighted by atomic mass is 35.5. The standard InChI is InChI=1S/2C33H38N4O6.2ClH.3H2O/c2*1-3-22-23-16-21(43-32(40)36-14-10-20(11-15-36)35-12-6-5-7-13-35)8-9-27(23)34-29-24(22)18-37-28(29)17-26-25(30(37)38)19-42-31(39)33(26,41)4-2;;;;;/h2*8-9,16-17,20,41H,3-7,10-15,18-19H2,1-2H3;2*1H;3*1H2/t2*33-;;;;;/m00...../s1. The minimum absolute atomic E-state index is 0. The number of cyclic esters (lactones) is 2. The predicted molar refractivity (Wildman–Crippen MR) is 345 cm³/mol. The van der Waals surface area contributed by atoms with Gasteiger partial charge in [0, 0.05) is 71.3 Å². The summed E-state index contributed by atoms with van der Waals surface area (Å²) in [4.78, 5) is 97.1. The van der Waals surface area contributed by atoms with Gasteiger partial charge in [-0.05, 0) is 163 Å². The molecular formula is C66H84Cl2N8O15. The molecule has 0 aliphatic carbocycles. The zero-order chi connectivity index (χ0) is 59.8. The Morgan fingerprint density at radius 2 is 0.890 bits per heavy atom. The number of aryl methyl sites for hydroxylation is 2. The molecule has 4 fully saturated rings. The Labute approximate surface area is 539 Å². The molecule has 25 heteroatoms. The Kier molecular flexibility index (Phi) is 21.5. The van der Waals surface area contributed by atoms with Gasteiger partial charge in [-0.15, -0.1) is 24.8 Å². The molecule has 492 valence electrons. The third kappa shape index (κ3) is 12.2. The average molecular weight is 1300 g/mol. The van der Waals surface area contributed by atoms with Crippen LogP contribution in [0.3, 0.4) is 0 Å². The van der Waals surface area contributed by atoms with Crippen molar-refractivity contribution < 1.29 is 64.8 Å². The highest BCUT2D eigenvalue weighted by molar-refractivity contribution is 5.92. The molecule has 14 rings (SSSR count). The average Bonchev–Trinajstić information content (AvgIpc) is 1.64. The summed E-state index contributed by atoms with van der Waals surface area (Å²) in [5.41, 5.74) is 4.77. The fourth-order valence-electron chi connectivity index (χ4n) is 14.9. The van der Waals surface area contributed by atoms with Gasteiger partial charge in [-0.25, -0.2) is 29.1 Å². The molecule has 8 aliphatic heterocycles. The number of nitrogens with zero attached hydrogens (tertiary/aromatic N) is 8. The van der Waals surface area contributed by atoms with E-state index in [9.17, 15) is 39.0 Å². The van der Waals surface area contributed by atoms with Gasteiger partial charge in [-0.1, -0.05) is 40.5 Å². The van der Waals surface area contributed by atoms with Crippen molar-refractivity contribution in [1.82, 2.24) is 38.7 Å². The fourth-order valence-corrected chi connectivity index (χ4v) is 14.9. The first kappa shape index (κ1) is 69.8. The molecule has 23 nitrogen and oxygen atoms in total. The Bertz CT molecular complexity index is 3640. The lowest BCUT2D eigenvalue weighted by Gasteiger charge is -2.39. The smallest absolute Gasteiger partial charge is 0.415 e. The monoisotopic (exact) mass is 1300 g/mol. The normalized spacial score (nSPS) is 21.0. The second-order valence-corrected chi connectivity index (χ2v) is 24.5. The summed E-state index contributed by atoms with van der Waals surface area (Å²) in [5, 5.41) is 24.1. The number of likely N-dealkylation sites (tertiary alicyclic amines) is 4. The first-order valence-corrected chi connectivity index (χ1v) is 31.3. The number of benzene rings is 2. The molecule has 4 saturated heterocycles. The summed E-state index contributed by atoms with van der Waals surface area (Å²) in [5.74, 6) is -0.531. The zero-order valence-electron chi connectivity index (χ0n) is 52.0. The number of rotatable bonds is 8. The second kappa shape index (κ2) is 28.0. The topological polar surface area (TPSA) is 323 Å². The number of amides is 2. The molecule has 4 aromatic heterocycles. The van der Waals surface area contributed by atoms with Gasteiger partial charge in [0.05, 0.1) is 58.0 Å². The van der Waals surface area contributed by atoms with Crippen LogP contribution < -0.4 is 20.6 Å². The van der Waals surface area contributed by atoms with Crippen LogP contribution in [-0.4, -0.2) is 154 Å². The molecule has 91 heavy (non-hydrogen) atoms. The van der Waals surface area contributed by atoms with Crippen molar-refractivity contribution >= 4 is 70.7 Å². The summed E-state index contributed by atoms with van der Waals surface area (Å²) in [6.45, 7) is 15.3. The maximum atomic E-state index is 13.6. The van der Waals surface area contributed by atoms with Crippen molar-refractivity contribution in [1.29, 1.82) is 0 Å². The molecule has 2 aromatic carbocycles. The fraction of sp³-hybridized carbons (Fsp3) is 0.515. The van der Waals surface area contributed by atoms with Gasteiger partial charge >= 0.3 is 24.1 Å². The number of aliphatic hydroxyl groups is 2. The number of aromatic nitrogens is 4. The van der Waals surface area contributed by atoms with Gasteiger partial charge in [-0.2, -0.15) is 0 Å². The number of fused-ring (bicyclic) bond motifs is 10. The molecule has 2 atom stereocenters. The van der Waals surface area contributed by atoms with E-state index in [-0.39, 0.29) is 90.6 Å². The molecule has 0 unspecified atom stereocenters. The molecule has 0 saturated carbocycles. The molecule has 2 amide bonds. The van der Waals surface area contributed by atoms with Crippen LogP contribution in [-0.2, 0) is 69.4 Å². The summed E-state index contributed by atoms with van der Waals surface area (Å²) >= 11 is 0. The van der Waals surface area contributed by atoms with E-state index < -0.39 is 23.1 Å². The number of hydrogen-bond acceptors (Lipinski definition) is 16. The Balaban J connectivity index is 0.000000222. The highest BCUT2D eigenvalue weighted by Gasteiger charge is 2.47. The van der Waals surface area contributed by atoms with Gasteiger partial charge in [-0.3, -0.25) is 9.59 Å². The van der Waals surface area contributed by atoms with Gasteiger partial charge in [0.25, 0.3) is 11.1 Å². The lowest BCUT2D eigenvalue weighted by molar-refractivity contribution is -0.172. The Morgan fingerprint density at radius 3 is 1.23 bits per heavy atom. The van der Waals surface area contributed by atoms with E-state index in [4.69, 9.17) is 28.9 Å². The maximum absolute atomic E-state index is 13.6. The first-order chi connectivity index (χ1) is 41.6. The van der Waals surface area contributed by atoms with Crippen LogP contribution in [0, 0.1) is 0 Å². The van der Waals surface area contributed by atoms with Gasteiger partial charge in [0.1, 0.15) is 24.7 Å². The van der Waals surface area contributed by atoms with E-state index in [2.05, 4.69) is 23.6 Å². The van der Waals surface area contributed by atoms with Crippen molar-refractivity contribution in [3.05, 3.63) is 114 Å². The lowest BCUT2D eigenvalue weighted by atomic mass is 9.86. The quantitative estimate of drug-likeness (QED) is 0.152. The SMILES string of the molecule is CCc1c2c(nc3ccc(OC(=O)N4CCC(N5CCCCC5)CC4)cc13)-c1cc3c(c(=O)n1C2)COC(=O)[C@]3(O)CC.CCc1c2c(nc3ccc(OC(=O)N4CCC(N5CCCCC5)CC4)cc13)-c1cc3c(c(=O)n1C2)COC(=O)[C@]3(O)CC.Cl.Cl.O.O.O. The van der Waals surface area contributed by atoms with Crippen LogP contribution in [0.2, 0.25) is 0 Å². The van der Waals surface area contributed by atoms with Crippen molar-refractivity contribution in [2.45, 2.75) is 167 Å². The van der Waals surface area contributed by atoms with E-state index in [0.29, 0.717) is 121 Å². The molecule has 12 heterocycles. The van der Waals surface area contributed by atoms with E-state index in [0.717, 1.165) is 69.7 Å².